The fourth-order valence-electron chi connectivity index (χ4n) is 4.36. The summed E-state index contributed by atoms with van der Waals surface area (Å²) in [6, 6.07) is 14.9. The molecule has 4 rings (SSSR count). The topological polar surface area (TPSA) is 99.7 Å². The number of carbonyl (C=O) groups excluding carboxylic acids is 2. The Morgan fingerprint density at radius 1 is 1.06 bits per heavy atom. The normalized spacial score (nSPS) is 20.5. The molecule has 36 heavy (non-hydrogen) atoms. The number of fused-ring (bicyclic) bond motifs is 13. The van der Waals surface area contributed by atoms with Gasteiger partial charge in [0.1, 0.15) is 11.8 Å². The highest BCUT2D eigenvalue weighted by molar-refractivity contribution is 5.88. The number of aliphatic hydroxyl groups excluding tert-OH is 1. The lowest BCUT2D eigenvalue weighted by molar-refractivity contribution is -0.131. The van der Waals surface area contributed by atoms with Crippen LogP contribution < -0.4 is 20.7 Å². The second-order valence-electron chi connectivity index (χ2n) is 9.93. The average Bonchev–Trinajstić information content (AvgIpc) is 2.86. The van der Waals surface area contributed by atoms with Crippen LogP contribution in [-0.2, 0) is 29.0 Å². The van der Waals surface area contributed by atoms with Gasteiger partial charge in [0.25, 0.3) is 0 Å². The van der Waals surface area contributed by atoms with Gasteiger partial charge in [-0.3, -0.25) is 9.59 Å². The van der Waals surface area contributed by atoms with Gasteiger partial charge in [-0.25, -0.2) is 0 Å². The smallest absolute Gasteiger partial charge is 0.243 e. The van der Waals surface area contributed by atoms with E-state index in [2.05, 4.69) is 41.1 Å². The van der Waals surface area contributed by atoms with E-state index >= 15 is 0 Å². The van der Waals surface area contributed by atoms with Gasteiger partial charge >= 0.3 is 0 Å². The molecule has 2 aliphatic heterocycles. The third-order valence-corrected chi connectivity index (χ3v) is 6.59. The summed E-state index contributed by atoms with van der Waals surface area (Å²) >= 11 is 0. The number of aliphatic hydroxyl groups is 1. The highest BCUT2D eigenvalue weighted by atomic mass is 16.5. The van der Waals surface area contributed by atoms with Crippen molar-refractivity contribution in [2.75, 3.05) is 13.2 Å². The summed E-state index contributed by atoms with van der Waals surface area (Å²) in [7, 11) is 0. The van der Waals surface area contributed by atoms with Gasteiger partial charge in [0, 0.05) is 19.5 Å². The predicted molar refractivity (Wildman–Crippen MR) is 142 cm³/mol. The van der Waals surface area contributed by atoms with Gasteiger partial charge < -0.3 is 25.8 Å². The predicted octanol–water partition coefficient (Wildman–Crippen LogP) is 3.13. The number of rotatable bonds is 7. The second kappa shape index (κ2) is 14.0. The zero-order chi connectivity index (χ0) is 25.9. The highest BCUT2D eigenvalue weighted by Crippen LogP contribution is 2.16. The quantitative estimate of drug-likeness (QED) is 0.473. The van der Waals surface area contributed by atoms with Crippen molar-refractivity contribution >= 4 is 11.8 Å². The molecule has 196 valence electrons. The summed E-state index contributed by atoms with van der Waals surface area (Å²) in [4.78, 5) is 25.7. The Hall–Kier alpha value is -2.90. The monoisotopic (exact) mass is 495 g/mol. The van der Waals surface area contributed by atoms with E-state index in [4.69, 9.17) is 4.74 Å². The number of benzene rings is 2. The van der Waals surface area contributed by atoms with Crippen LogP contribution >= 0.6 is 0 Å². The Labute approximate surface area is 215 Å². The third-order valence-electron chi connectivity index (χ3n) is 6.59. The van der Waals surface area contributed by atoms with Gasteiger partial charge in [-0.05, 0) is 60.4 Å². The van der Waals surface area contributed by atoms with Gasteiger partial charge in [-0.15, -0.1) is 0 Å². The summed E-state index contributed by atoms with van der Waals surface area (Å²) in [5, 5.41) is 20.3. The van der Waals surface area contributed by atoms with Crippen LogP contribution in [0.5, 0.6) is 5.75 Å². The maximum absolute atomic E-state index is 13.3. The fraction of sp³-hybridized carbons (Fsp3) is 0.517. The molecule has 3 unspecified atom stereocenters. The standard InChI is InChI=1S/C29H41N3O4/c1-4-21-8-7-9-23(16-21)18-30-19-26(33)25-17-22-11-13-24(14-12-22)36-15-6-5-10-27(34)32-28(20(2)3)29(35)31-25/h7-9,11-14,16,20,25-26,28,30,33H,4-6,10,15,17-19H2,1-3H3,(H,31,35)(H,32,34). The van der Waals surface area contributed by atoms with E-state index in [1.807, 2.05) is 44.2 Å². The van der Waals surface area contributed by atoms with Crippen molar-refractivity contribution in [3.8, 4) is 5.75 Å². The molecule has 2 aromatic carbocycles. The zero-order valence-electron chi connectivity index (χ0n) is 21.8. The molecule has 0 fully saturated rings. The van der Waals surface area contributed by atoms with E-state index in [0.717, 1.165) is 29.7 Å². The van der Waals surface area contributed by atoms with Crippen LogP contribution in [0.25, 0.3) is 0 Å². The SMILES string of the molecule is CCc1cccc(CNCC(O)C2Cc3ccc(cc3)OCCCCC(=O)NC(C(C)C)C(=O)N2)c1. The fourth-order valence-corrected chi connectivity index (χ4v) is 4.36. The van der Waals surface area contributed by atoms with Crippen LogP contribution in [0.3, 0.4) is 0 Å². The van der Waals surface area contributed by atoms with Crippen LogP contribution in [0.4, 0.5) is 0 Å². The number of aryl methyl sites for hydroxylation is 1. The van der Waals surface area contributed by atoms with Crippen molar-refractivity contribution in [1.29, 1.82) is 0 Å². The molecular weight excluding hydrogens is 454 g/mol. The first kappa shape index (κ1) is 27.7. The van der Waals surface area contributed by atoms with Crippen molar-refractivity contribution in [2.45, 2.75) is 77.6 Å². The summed E-state index contributed by atoms with van der Waals surface area (Å²) in [5.74, 6) is 0.266. The van der Waals surface area contributed by atoms with E-state index in [9.17, 15) is 14.7 Å². The molecule has 0 aromatic heterocycles. The number of hydrogen-bond donors (Lipinski definition) is 4. The Kier molecular flexibility index (Phi) is 10.8. The average molecular weight is 496 g/mol. The van der Waals surface area contributed by atoms with Crippen LogP contribution in [-0.4, -0.2) is 48.3 Å². The van der Waals surface area contributed by atoms with Gasteiger partial charge in [0.2, 0.25) is 11.8 Å². The maximum atomic E-state index is 13.3. The minimum Gasteiger partial charge on any atom is -0.494 e. The first-order chi connectivity index (χ1) is 17.4. The number of hydrogen-bond acceptors (Lipinski definition) is 5. The Bertz CT molecular complexity index is 977. The number of nitrogens with one attached hydrogen (secondary N) is 3. The van der Waals surface area contributed by atoms with Gasteiger partial charge in [0.15, 0.2) is 0 Å². The van der Waals surface area contributed by atoms with E-state index in [1.54, 1.807) is 0 Å². The molecule has 2 amide bonds. The molecule has 0 radical (unpaired) electrons. The summed E-state index contributed by atoms with van der Waals surface area (Å²) in [6.45, 7) is 7.43. The summed E-state index contributed by atoms with van der Waals surface area (Å²) in [6.07, 6.45) is 2.40. The first-order valence-corrected chi connectivity index (χ1v) is 13.1. The number of amides is 2. The van der Waals surface area contributed by atoms with Crippen molar-refractivity contribution < 1.29 is 19.4 Å². The van der Waals surface area contributed by atoms with Crippen molar-refractivity contribution in [2.24, 2.45) is 5.92 Å². The van der Waals surface area contributed by atoms with Crippen LogP contribution in [0.15, 0.2) is 48.5 Å². The molecular formula is C29H41N3O4. The number of carbonyl (C=O) groups is 2. The number of ether oxygens (including phenoxy) is 1. The molecule has 0 aliphatic carbocycles. The van der Waals surface area contributed by atoms with Crippen LogP contribution in [0.2, 0.25) is 0 Å². The van der Waals surface area contributed by atoms with Gasteiger partial charge in [-0.1, -0.05) is 57.2 Å². The van der Waals surface area contributed by atoms with E-state index < -0.39 is 18.2 Å². The maximum Gasteiger partial charge on any atom is 0.243 e. The molecule has 0 saturated heterocycles. The molecule has 2 heterocycles. The van der Waals surface area contributed by atoms with Crippen LogP contribution in [0.1, 0.15) is 56.7 Å². The lowest BCUT2D eigenvalue weighted by atomic mass is 9.98. The van der Waals surface area contributed by atoms with E-state index in [-0.39, 0.29) is 17.7 Å². The minimum absolute atomic E-state index is 0.0859. The van der Waals surface area contributed by atoms with Gasteiger partial charge in [-0.2, -0.15) is 0 Å². The molecule has 0 spiro atoms. The van der Waals surface area contributed by atoms with Crippen molar-refractivity contribution in [1.82, 2.24) is 16.0 Å². The summed E-state index contributed by atoms with van der Waals surface area (Å²) < 4.78 is 5.80. The van der Waals surface area contributed by atoms with Gasteiger partial charge in [0.05, 0.1) is 18.8 Å². The molecule has 3 atom stereocenters. The Morgan fingerprint density at radius 3 is 2.53 bits per heavy atom. The lowest BCUT2D eigenvalue weighted by Gasteiger charge is -2.29. The molecule has 2 bridgehead atoms. The zero-order valence-corrected chi connectivity index (χ0v) is 21.8. The van der Waals surface area contributed by atoms with Crippen molar-refractivity contribution in [3.05, 3.63) is 65.2 Å². The van der Waals surface area contributed by atoms with Crippen molar-refractivity contribution in [3.63, 3.8) is 0 Å². The molecule has 2 aliphatic rings. The molecule has 7 heteroatoms. The third kappa shape index (κ3) is 8.64. The molecule has 2 aromatic rings. The molecule has 7 nitrogen and oxygen atoms in total. The largest absolute Gasteiger partial charge is 0.494 e. The Balaban J connectivity index is 1.73. The summed E-state index contributed by atoms with van der Waals surface area (Å²) in [5.41, 5.74) is 3.41. The van der Waals surface area contributed by atoms with E-state index in [1.165, 1.54) is 5.56 Å². The minimum atomic E-state index is -0.818. The Morgan fingerprint density at radius 2 is 1.81 bits per heavy atom. The second-order valence-corrected chi connectivity index (χ2v) is 9.93. The highest BCUT2D eigenvalue weighted by Gasteiger charge is 2.29. The molecule has 0 saturated carbocycles. The first-order valence-electron chi connectivity index (χ1n) is 13.1. The van der Waals surface area contributed by atoms with E-state index in [0.29, 0.717) is 39.0 Å². The molecule has 4 N–H and O–H groups in total. The van der Waals surface area contributed by atoms with Crippen LogP contribution in [0, 0.1) is 5.92 Å². The lowest BCUT2D eigenvalue weighted by Crippen LogP contribution is -2.56.